The lowest BCUT2D eigenvalue weighted by atomic mass is 9.84. The third-order valence-electron chi connectivity index (χ3n) is 8.81. The van der Waals surface area contributed by atoms with Gasteiger partial charge in [0.2, 0.25) is 0 Å². The first-order valence-electron chi connectivity index (χ1n) is 22.5. The van der Waals surface area contributed by atoms with Crippen LogP contribution in [-0.2, 0) is 0 Å². The maximum atomic E-state index is 9.35. The van der Waals surface area contributed by atoms with Gasteiger partial charge >= 0.3 is 0 Å². The number of fused-ring (bicyclic) bond motifs is 8. The molecule has 0 fully saturated rings. The zero-order valence-electron chi connectivity index (χ0n) is 39.4. The highest BCUT2D eigenvalue weighted by molar-refractivity contribution is 6.24. The fourth-order valence-corrected chi connectivity index (χ4v) is 6.78. The Bertz CT molecular complexity index is 3600. The van der Waals surface area contributed by atoms with Crippen LogP contribution < -0.4 is 0 Å². The maximum Gasteiger partial charge on any atom is 0.143 e. The average molecular weight is 612 g/mol. The molecule has 10 aromatic rings. The Morgan fingerprint density at radius 2 is 1.00 bits per heavy atom. The van der Waals surface area contributed by atoms with Crippen molar-refractivity contribution in [1.29, 1.82) is 0 Å². The second kappa shape index (κ2) is 10.2. The second-order valence-corrected chi connectivity index (χ2v) is 11.3. The van der Waals surface area contributed by atoms with Gasteiger partial charge in [0.05, 0.1) is 20.6 Å². The topological polar surface area (TPSA) is 13.1 Å². The van der Waals surface area contributed by atoms with Gasteiger partial charge in [0.1, 0.15) is 11.2 Å². The first kappa shape index (κ1) is 15.4. The Kier molecular flexibility index (Phi) is 3.33. The van der Waals surface area contributed by atoms with Crippen LogP contribution in [0.5, 0.6) is 0 Å². The molecular weight excluding hydrogens is 569 g/mol. The summed E-state index contributed by atoms with van der Waals surface area (Å²) < 4.78 is 140. The van der Waals surface area contributed by atoms with Gasteiger partial charge in [-0.15, -0.1) is 0 Å². The molecule has 47 heavy (non-hydrogen) atoms. The molecule has 0 aliphatic carbocycles. The molecule has 0 spiro atoms. The first-order valence-corrected chi connectivity index (χ1v) is 15.0. The third kappa shape index (κ3) is 3.90. The van der Waals surface area contributed by atoms with E-state index in [0.29, 0.717) is 16.7 Å². The molecule has 10 rings (SSSR count). The zero-order valence-corrected chi connectivity index (χ0v) is 24.4. The first-order chi connectivity index (χ1) is 29.6. The van der Waals surface area contributed by atoms with Crippen molar-refractivity contribution in [2.24, 2.45) is 0 Å². The van der Waals surface area contributed by atoms with Crippen molar-refractivity contribution >= 4 is 65.0 Å². The minimum absolute atomic E-state index is 0.0265. The predicted octanol–water partition coefficient (Wildman–Crippen LogP) is 13.2. The summed E-state index contributed by atoms with van der Waals surface area (Å²) in [6, 6.07) is 14.5. The second-order valence-electron chi connectivity index (χ2n) is 11.3. The van der Waals surface area contributed by atoms with E-state index in [0.717, 1.165) is 32.7 Å². The van der Waals surface area contributed by atoms with Crippen LogP contribution in [-0.4, -0.2) is 0 Å². The molecule has 0 N–H and O–H groups in total. The summed E-state index contributed by atoms with van der Waals surface area (Å²) in [7, 11) is 0. The molecule has 218 valence electrons. The molecule has 1 aromatic heterocycles. The van der Waals surface area contributed by atoms with E-state index < -0.39 is 107 Å². The third-order valence-corrected chi connectivity index (χ3v) is 8.81. The van der Waals surface area contributed by atoms with Gasteiger partial charge in [-0.05, 0) is 77.0 Å². The summed E-state index contributed by atoms with van der Waals surface area (Å²) >= 11 is 0. The smallest absolute Gasteiger partial charge is 0.143 e. The SMILES string of the molecule is [2H]c1c([2H])c([2H])c2c(-c3c4c([2H])c([2H])c([2H])c([2H])c4c(-c4ccc(-c5cccc6c5oc5ccc7ccccc7c56)cc4)c4c([2H])c([2H])c([2H])c([2H])c34)c([2H])c([2H])c([2H])c2c1[2H]. The Morgan fingerprint density at radius 1 is 0.383 bits per heavy atom. The number of benzene rings is 9. The van der Waals surface area contributed by atoms with Gasteiger partial charge in [-0.1, -0.05) is 163 Å². The fourth-order valence-electron chi connectivity index (χ4n) is 6.78. The van der Waals surface area contributed by atoms with Gasteiger partial charge in [-0.25, -0.2) is 0 Å². The van der Waals surface area contributed by atoms with Gasteiger partial charge in [0, 0.05) is 16.3 Å². The maximum absolute atomic E-state index is 9.35. The summed E-state index contributed by atoms with van der Waals surface area (Å²) in [4.78, 5) is 0. The monoisotopic (exact) mass is 611 g/mol. The highest BCUT2D eigenvalue weighted by atomic mass is 16.3. The lowest BCUT2D eigenvalue weighted by Crippen LogP contribution is -1.91. The number of furan rings is 1. The zero-order chi connectivity index (χ0) is 44.0. The molecule has 0 saturated carbocycles. The quantitative estimate of drug-likeness (QED) is 0.181. The summed E-state index contributed by atoms with van der Waals surface area (Å²) in [5.41, 5.74) is 2.37. The standard InChI is InChI=1S/C46H28O/c1-3-14-33-29(11-1)13-9-21-36(33)44-39-18-7-5-16-37(39)43(38-17-6-8-19-40(38)44)32-25-23-31(24-26-32)35-20-10-22-41-45-34-15-4-2-12-30(34)27-28-42(45)47-46(35)41/h1-28H/i1D,3D,5D,6D,7D,8D,9D,11D,13D,14D,16D,17D,18D,19D,21D. The molecule has 0 unspecified atom stereocenters. The van der Waals surface area contributed by atoms with Gasteiger partial charge in [-0.3, -0.25) is 0 Å². The molecule has 0 aliphatic heterocycles. The fraction of sp³-hybridized carbons (Fsp3) is 0. The Morgan fingerprint density at radius 3 is 1.77 bits per heavy atom. The van der Waals surface area contributed by atoms with Crippen molar-refractivity contribution in [2.75, 3.05) is 0 Å². The van der Waals surface area contributed by atoms with Crippen LogP contribution in [0, 0.1) is 0 Å². The number of hydrogen-bond acceptors (Lipinski definition) is 1. The molecule has 0 aliphatic rings. The Labute approximate surface area is 293 Å². The van der Waals surface area contributed by atoms with E-state index in [1.165, 1.54) is 0 Å². The number of rotatable bonds is 3. The molecule has 0 bridgehead atoms. The van der Waals surface area contributed by atoms with Crippen molar-refractivity contribution in [2.45, 2.75) is 0 Å². The lowest BCUT2D eigenvalue weighted by Gasteiger charge is -2.19. The molecule has 1 nitrogen and oxygen atoms in total. The van der Waals surface area contributed by atoms with Gasteiger partial charge in [0.25, 0.3) is 0 Å². The normalized spacial score (nSPS) is 16.3. The van der Waals surface area contributed by atoms with E-state index in [9.17, 15) is 6.85 Å². The van der Waals surface area contributed by atoms with Crippen LogP contribution in [0.1, 0.15) is 20.6 Å². The van der Waals surface area contributed by atoms with Crippen LogP contribution in [0.4, 0.5) is 0 Å². The molecular formula is C46H28O. The van der Waals surface area contributed by atoms with E-state index in [-0.39, 0.29) is 32.7 Å². The molecule has 1 heterocycles. The lowest BCUT2D eigenvalue weighted by molar-refractivity contribution is 0.670. The van der Waals surface area contributed by atoms with Crippen LogP contribution in [0.2, 0.25) is 0 Å². The minimum atomic E-state index is -0.757. The molecule has 1 heteroatoms. The van der Waals surface area contributed by atoms with E-state index >= 15 is 0 Å². The average Bonchev–Trinajstić information content (AvgIpc) is 3.68. The molecule has 0 radical (unpaired) electrons. The number of para-hydroxylation sites is 1. The van der Waals surface area contributed by atoms with Gasteiger partial charge in [-0.2, -0.15) is 0 Å². The van der Waals surface area contributed by atoms with Crippen LogP contribution >= 0.6 is 0 Å². The largest absolute Gasteiger partial charge is 0.455 e. The number of hydrogen-bond donors (Lipinski definition) is 0. The van der Waals surface area contributed by atoms with Crippen molar-refractivity contribution in [3.63, 3.8) is 0 Å². The highest BCUT2D eigenvalue weighted by Crippen LogP contribution is 2.46. The minimum Gasteiger partial charge on any atom is -0.455 e. The van der Waals surface area contributed by atoms with Crippen molar-refractivity contribution < 1.29 is 25.0 Å². The molecule has 0 atom stereocenters. The highest BCUT2D eigenvalue weighted by Gasteiger charge is 2.19. The summed E-state index contributed by atoms with van der Waals surface area (Å²) in [5, 5.41) is 2.16. The summed E-state index contributed by atoms with van der Waals surface area (Å²) in [6.07, 6.45) is 0. The molecule has 0 amide bonds. The van der Waals surface area contributed by atoms with Crippen LogP contribution in [0.25, 0.3) is 98.4 Å². The van der Waals surface area contributed by atoms with Gasteiger partial charge in [0.15, 0.2) is 0 Å². The predicted molar refractivity (Wildman–Crippen MR) is 200 cm³/mol. The van der Waals surface area contributed by atoms with Crippen molar-refractivity contribution in [3.8, 4) is 33.4 Å². The molecule has 9 aromatic carbocycles. The van der Waals surface area contributed by atoms with Crippen LogP contribution in [0.3, 0.4) is 0 Å². The van der Waals surface area contributed by atoms with Crippen molar-refractivity contribution in [3.05, 3.63) is 169 Å². The van der Waals surface area contributed by atoms with Gasteiger partial charge < -0.3 is 4.42 Å². The summed E-state index contributed by atoms with van der Waals surface area (Å²) in [5.74, 6) is 0. The van der Waals surface area contributed by atoms with Crippen molar-refractivity contribution in [1.82, 2.24) is 0 Å². The van der Waals surface area contributed by atoms with E-state index in [1.54, 1.807) is 24.3 Å². The van der Waals surface area contributed by atoms with E-state index in [1.807, 2.05) is 54.6 Å². The van der Waals surface area contributed by atoms with Crippen LogP contribution in [0.15, 0.2) is 174 Å². The Balaban J connectivity index is 1.35. The summed E-state index contributed by atoms with van der Waals surface area (Å²) in [6.45, 7) is 0. The van der Waals surface area contributed by atoms with E-state index in [2.05, 4.69) is 0 Å². The Hall–Kier alpha value is -6.18. The van der Waals surface area contributed by atoms with E-state index in [4.69, 9.17) is 18.1 Å². The molecule has 0 saturated heterocycles.